The summed E-state index contributed by atoms with van der Waals surface area (Å²) < 4.78 is 6.81. The third-order valence-corrected chi connectivity index (χ3v) is 2.94. The van der Waals surface area contributed by atoms with Crippen LogP contribution in [0.5, 0.6) is 0 Å². The Hall–Kier alpha value is -2.82. The summed E-state index contributed by atoms with van der Waals surface area (Å²) in [4.78, 5) is 12.0. The molecule has 0 aliphatic carbocycles. The van der Waals surface area contributed by atoms with Crippen LogP contribution in [-0.2, 0) is 7.05 Å². The Kier molecular flexibility index (Phi) is 3.09. The van der Waals surface area contributed by atoms with Gasteiger partial charge in [0.1, 0.15) is 0 Å². The second-order valence-corrected chi connectivity index (χ2v) is 4.38. The Labute approximate surface area is 115 Å². The highest BCUT2D eigenvalue weighted by atomic mass is 16.3. The number of hydrogen-bond acceptors (Lipinski definition) is 3. The summed E-state index contributed by atoms with van der Waals surface area (Å²) in [6, 6.07) is 10.9. The van der Waals surface area contributed by atoms with E-state index in [0.717, 1.165) is 16.8 Å². The lowest BCUT2D eigenvalue weighted by Gasteiger charge is -2.08. The number of nitrogens with one attached hydrogen (secondary N) is 1. The van der Waals surface area contributed by atoms with E-state index in [4.69, 9.17) is 4.42 Å². The second kappa shape index (κ2) is 5.05. The molecule has 2 heterocycles. The lowest BCUT2D eigenvalue weighted by molar-refractivity contribution is 0.0996. The predicted octanol–water partition coefficient (Wildman–Crippen LogP) is 2.93. The minimum atomic E-state index is -0.272. The first-order chi connectivity index (χ1) is 9.74. The van der Waals surface area contributed by atoms with E-state index < -0.39 is 0 Å². The number of aromatic nitrogens is 2. The molecule has 0 bridgehead atoms. The van der Waals surface area contributed by atoms with E-state index in [1.165, 1.54) is 6.26 Å². The van der Waals surface area contributed by atoms with Crippen LogP contribution in [0.4, 0.5) is 5.69 Å². The van der Waals surface area contributed by atoms with Crippen LogP contribution < -0.4 is 5.32 Å². The van der Waals surface area contributed by atoms with Gasteiger partial charge in [-0.15, -0.1) is 0 Å². The SMILES string of the molecule is Cn1cc(-c2ccccc2NC(=O)c2ccco2)cn1. The highest BCUT2D eigenvalue weighted by Gasteiger charge is 2.12. The van der Waals surface area contributed by atoms with Crippen molar-refractivity contribution in [2.45, 2.75) is 0 Å². The van der Waals surface area contributed by atoms with E-state index in [1.54, 1.807) is 23.0 Å². The number of rotatable bonds is 3. The molecule has 100 valence electrons. The molecule has 0 unspecified atom stereocenters. The van der Waals surface area contributed by atoms with Crippen LogP contribution in [0.25, 0.3) is 11.1 Å². The van der Waals surface area contributed by atoms with Crippen molar-refractivity contribution in [1.29, 1.82) is 0 Å². The molecule has 0 spiro atoms. The Morgan fingerprint density at radius 3 is 2.80 bits per heavy atom. The summed E-state index contributed by atoms with van der Waals surface area (Å²) >= 11 is 0. The van der Waals surface area contributed by atoms with Gasteiger partial charge in [0.05, 0.1) is 12.5 Å². The number of hydrogen-bond donors (Lipinski definition) is 1. The second-order valence-electron chi connectivity index (χ2n) is 4.38. The standard InChI is InChI=1S/C15H13N3O2/c1-18-10-11(9-16-18)12-5-2-3-6-13(12)17-15(19)14-7-4-8-20-14/h2-10H,1H3,(H,17,19). The lowest BCUT2D eigenvalue weighted by atomic mass is 10.1. The first kappa shape index (κ1) is 12.2. The number of carbonyl (C=O) groups excluding carboxylic acids is 1. The first-order valence-electron chi connectivity index (χ1n) is 6.17. The molecule has 0 atom stereocenters. The minimum Gasteiger partial charge on any atom is -0.459 e. The molecule has 3 aromatic rings. The van der Waals surface area contributed by atoms with Crippen molar-refractivity contribution in [3.63, 3.8) is 0 Å². The maximum Gasteiger partial charge on any atom is 0.291 e. The van der Waals surface area contributed by atoms with Crippen LogP contribution in [0.15, 0.2) is 59.5 Å². The summed E-state index contributed by atoms with van der Waals surface area (Å²) in [5.41, 5.74) is 2.59. The van der Waals surface area contributed by atoms with E-state index in [9.17, 15) is 4.79 Å². The van der Waals surface area contributed by atoms with Crippen molar-refractivity contribution in [3.05, 3.63) is 60.8 Å². The fraction of sp³-hybridized carbons (Fsp3) is 0.0667. The van der Waals surface area contributed by atoms with Crippen LogP contribution in [0.1, 0.15) is 10.6 Å². The fourth-order valence-electron chi connectivity index (χ4n) is 2.00. The highest BCUT2D eigenvalue weighted by Crippen LogP contribution is 2.27. The summed E-state index contributed by atoms with van der Waals surface area (Å²) in [6.45, 7) is 0. The number of benzene rings is 1. The van der Waals surface area contributed by atoms with Gasteiger partial charge in [-0.1, -0.05) is 18.2 Å². The number of furan rings is 1. The Balaban J connectivity index is 1.92. The minimum absolute atomic E-state index is 0.272. The number of amides is 1. The molecule has 1 amide bonds. The predicted molar refractivity (Wildman–Crippen MR) is 75.3 cm³/mol. The molecule has 1 N–H and O–H groups in total. The Morgan fingerprint density at radius 2 is 2.10 bits per heavy atom. The highest BCUT2D eigenvalue weighted by molar-refractivity contribution is 6.04. The summed E-state index contributed by atoms with van der Waals surface area (Å²) in [6.07, 6.45) is 5.14. The molecule has 0 aliphatic heterocycles. The van der Waals surface area contributed by atoms with Crippen LogP contribution in [0.2, 0.25) is 0 Å². The van der Waals surface area contributed by atoms with Crippen molar-refractivity contribution in [1.82, 2.24) is 9.78 Å². The van der Waals surface area contributed by atoms with Gasteiger partial charge in [-0.25, -0.2) is 0 Å². The third-order valence-electron chi connectivity index (χ3n) is 2.94. The van der Waals surface area contributed by atoms with E-state index in [0.29, 0.717) is 0 Å². The molecule has 2 aromatic heterocycles. The molecule has 0 saturated heterocycles. The van der Waals surface area contributed by atoms with E-state index in [-0.39, 0.29) is 11.7 Å². The average Bonchev–Trinajstić information content (AvgIpc) is 3.10. The largest absolute Gasteiger partial charge is 0.459 e. The summed E-state index contributed by atoms with van der Waals surface area (Å²) in [7, 11) is 1.85. The van der Waals surface area contributed by atoms with Crippen LogP contribution >= 0.6 is 0 Å². The molecule has 0 aliphatic rings. The van der Waals surface area contributed by atoms with Gasteiger partial charge in [-0.05, 0) is 18.2 Å². The number of carbonyl (C=O) groups is 1. The molecule has 1 aromatic carbocycles. The molecule has 0 fully saturated rings. The van der Waals surface area contributed by atoms with Gasteiger partial charge in [0.25, 0.3) is 5.91 Å². The quantitative estimate of drug-likeness (QED) is 0.793. The van der Waals surface area contributed by atoms with Crippen LogP contribution in [-0.4, -0.2) is 15.7 Å². The normalized spacial score (nSPS) is 10.4. The zero-order valence-electron chi connectivity index (χ0n) is 10.9. The first-order valence-corrected chi connectivity index (χ1v) is 6.17. The summed E-state index contributed by atoms with van der Waals surface area (Å²) in [5, 5.41) is 7.00. The zero-order valence-corrected chi connectivity index (χ0v) is 10.9. The van der Waals surface area contributed by atoms with Crippen molar-refractivity contribution in [2.24, 2.45) is 7.05 Å². The van der Waals surface area contributed by atoms with Crippen molar-refractivity contribution in [2.75, 3.05) is 5.32 Å². The molecular formula is C15H13N3O2. The smallest absolute Gasteiger partial charge is 0.291 e. The summed E-state index contributed by atoms with van der Waals surface area (Å²) in [5.74, 6) is 0.0114. The van der Waals surface area contributed by atoms with Crippen LogP contribution in [0.3, 0.4) is 0 Å². The third kappa shape index (κ3) is 2.33. The van der Waals surface area contributed by atoms with Gasteiger partial charge in [-0.3, -0.25) is 9.48 Å². The van der Waals surface area contributed by atoms with Crippen LogP contribution in [0, 0.1) is 0 Å². The monoisotopic (exact) mass is 267 g/mol. The van der Waals surface area contributed by atoms with E-state index in [2.05, 4.69) is 10.4 Å². The van der Waals surface area contributed by atoms with Gasteiger partial charge in [0, 0.05) is 30.1 Å². The molecule has 5 nitrogen and oxygen atoms in total. The number of aryl methyl sites for hydroxylation is 1. The molecule has 20 heavy (non-hydrogen) atoms. The number of anilines is 1. The van der Waals surface area contributed by atoms with Crippen molar-refractivity contribution in [3.8, 4) is 11.1 Å². The van der Waals surface area contributed by atoms with E-state index >= 15 is 0 Å². The number of nitrogens with zero attached hydrogens (tertiary/aromatic N) is 2. The Morgan fingerprint density at radius 1 is 1.25 bits per heavy atom. The molecule has 5 heteroatoms. The van der Waals surface area contributed by atoms with Gasteiger partial charge < -0.3 is 9.73 Å². The maximum absolute atomic E-state index is 12.0. The van der Waals surface area contributed by atoms with Gasteiger partial charge >= 0.3 is 0 Å². The molecular weight excluding hydrogens is 254 g/mol. The molecule has 3 rings (SSSR count). The van der Waals surface area contributed by atoms with Gasteiger partial charge in [0.2, 0.25) is 0 Å². The van der Waals surface area contributed by atoms with Crippen molar-refractivity contribution < 1.29 is 9.21 Å². The maximum atomic E-state index is 12.0. The van der Waals surface area contributed by atoms with Crippen molar-refractivity contribution >= 4 is 11.6 Å². The van der Waals surface area contributed by atoms with E-state index in [1.807, 2.05) is 37.5 Å². The number of para-hydroxylation sites is 1. The molecule has 0 saturated carbocycles. The Bertz CT molecular complexity index is 729. The topological polar surface area (TPSA) is 60.1 Å². The molecule has 0 radical (unpaired) electrons. The van der Waals surface area contributed by atoms with Gasteiger partial charge in [0.15, 0.2) is 5.76 Å². The zero-order chi connectivity index (χ0) is 13.9. The average molecular weight is 267 g/mol. The lowest BCUT2D eigenvalue weighted by Crippen LogP contribution is -2.11. The fourth-order valence-corrected chi connectivity index (χ4v) is 2.00. The van der Waals surface area contributed by atoms with Gasteiger partial charge in [-0.2, -0.15) is 5.10 Å².